The van der Waals surface area contributed by atoms with E-state index in [1.807, 2.05) is 67.6 Å². The van der Waals surface area contributed by atoms with Crippen LogP contribution in [0.2, 0.25) is 0 Å². The molecule has 3 heteroatoms. The second-order valence-electron chi connectivity index (χ2n) is 12.3. The summed E-state index contributed by atoms with van der Waals surface area (Å²) in [6.07, 6.45) is 0. The fourth-order valence-corrected chi connectivity index (χ4v) is 6.40. The molecule has 0 aliphatic rings. The van der Waals surface area contributed by atoms with Crippen molar-refractivity contribution < 1.29 is 4.42 Å². The summed E-state index contributed by atoms with van der Waals surface area (Å²) in [5.74, 6) is 0.578. The van der Waals surface area contributed by atoms with Crippen LogP contribution in [0, 0.1) is 0 Å². The van der Waals surface area contributed by atoms with Gasteiger partial charge in [-0.3, -0.25) is 0 Å². The monoisotopic (exact) mass is 642 g/mol. The van der Waals surface area contributed by atoms with Crippen LogP contribution in [0.25, 0.3) is 61.0 Å². The molecule has 1 aromatic heterocycles. The van der Waals surface area contributed by atoms with E-state index in [1.54, 1.807) is 0 Å². The molecule has 1 heterocycles. The molecule has 0 saturated heterocycles. The van der Waals surface area contributed by atoms with Gasteiger partial charge in [0.05, 0.1) is 5.70 Å². The van der Waals surface area contributed by atoms with Crippen molar-refractivity contribution in [2.45, 2.75) is 6.92 Å². The van der Waals surface area contributed by atoms with E-state index in [0.717, 1.165) is 55.5 Å². The molecule has 3 nitrogen and oxygen atoms in total. The van der Waals surface area contributed by atoms with Gasteiger partial charge in [-0.1, -0.05) is 164 Å². The van der Waals surface area contributed by atoms with Crippen LogP contribution in [0.15, 0.2) is 197 Å². The van der Waals surface area contributed by atoms with Crippen molar-refractivity contribution in [1.82, 2.24) is 0 Å². The molecule has 8 rings (SSSR count). The molecule has 7 aromatic carbocycles. The minimum absolute atomic E-state index is 0.578. The van der Waals surface area contributed by atoms with Crippen molar-refractivity contribution in [3.05, 3.63) is 199 Å². The fraction of sp³-hybridized carbons (Fsp3) is 0.0213. The second-order valence-corrected chi connectivity index (χ2v) is 12.3. The van der Waals surface area contributed by atoms with E-state index in [0.29, 0.717) is 11.5 Å². The molecule has 0 bridgehead atoms. The maximum Gasteiger partial charge on any atom is 0.160 e. The average molecular weight is 643 g/mol. The summed E-state index contributed by atoms with van der Waals surface area (Å²) in [6.45, 7) is 6.28. The maximum atomic E-state index is 6.66. The molecule has 0 saturated carbocycles. The zero-order valence-corrected chi connectivity index (χ0v) is 27.8. The number of furan rings is 1. The Balaban J connectivity index is 1.16. The van der Waals surface area contributed by atoms with E-state index in [9.17, 15) is 0 Å². The van der Waals surface area contributed by atoms with E-state index in [-0.39, 0.29) is 0 Å². The van der Waals surface area contributed by atoms with Gasteiger partial charge in [-0.25, -0.2) is 9.98 Å². The summed E-state index contributed by atoms with van der Waals surface area (Å²) in [5.41, 5.74) is 12.9. The first-order valence-corrected chi connectivity index (χ1v) is 16.8. The molecule has 0 amide bonds. The van der Waals surface area contributed by atoms with Gasteiger partial charge in [0.2, 0.25) is 0 Å². The van der Waals surface area contributed by atoms with Crippen molar-refractivity contribution in [2.75, 3.05) is 0 Å². The second kappa shape index (κ2) is 13.5. The Kier molecular flexibility index (Phi) is 8.30. The number of benzene rings is 7. The maximum absolute atomic E-state index is 6.66. The molecule has 8 aromatic rings. The molecule has 0 unspecified atom stereocenters. The van der Waals surface area contributed by atoms with Crippen molar-refractivity contribution >= 4 is 39.2 Å². The van der Waals surface area contributed by atoms with Crippen LogP contribution < -0.4 is 0 Å². The van der Waals surface area contributed by atoms with Crippen LogP contribution in [0.1, 0.15) is 23.6 Å². The fourth-order valence-electron chi connectivity index (χ4n) is 6.40. The van der Waals surface area contributed by atoms with Crippen LogP contribution in [-0.4, -0.2) is 11.5 Å². The summed E-state index contributed by atoms with van der Waals surface area (Å²) in [5, 5.41) is 2.12. The van der Waals surface area contributed by atoms with Gasteiger partial charge in [0.1, 0.15) is 11.2 Å². The molecule has 0 fully saturated rings. The van der Waals surface area contributed by atoms with Gasteiger partial charge in [-0.15, -0.1) is 0 Å². The first kappa shape index (κ1) is 30.7. The molecule has 50 heavy (non-hydrogen) atoms. The molecule has 0 atom stereocenters. The molecular formula is C47H34N2O. The average Bonchev–Trinajstić information content (AvgIpc) is 3.57. The molecule has 0 aliphatic carbocycles. The Bertz CT molecular complexity index is 2530. The lowest BCUT2D eigenvalue weighted by molar-refractivity contribution is 0.670. The van der Waals surface area contributed by atoms with Crippen molar-refractivity contribution in [2.24, 2.45) is 9.98 Å². The molecule has 0 N–H and O–H groups in total. The topological polar surface area (TPSA) is 37.9 Å². The smallest absolute Gasteiger partial charge is 0.160 e. The predicted octanol–water partition coefficient (Wildman–Crippen LogP) is 12.5. The normalized spacial score (nSPS) is 12.0. The summed E-state index contributed by atoms with van der Waals surface area (Å²) in [6, 6.07) is 60.6. The molecule has 0 spiro atoms. The zero-order chi connectivity index (χ0) is 33.9. The van der Waals surface area contributed by atoms with Crippen LogP contribution in [-0.2, 0) is 0 Å². The summed E-state index contributed by atoms with van der Waals surface area (Å²) < 4.78 is 6.66. The molecule has 238 valence electrons. The highest BCUT2D eigenvalue weighted by Crippen LogP contribution is 2.37. The van der Waals surface area contributed by atoms with Gasteiger partial charge in [0.15, 0.2) is 5.84 Å². The molecular weight excluding hydrogens is 609 g/mol. The van der Waals surface area contributed by atoms with Gasteiger partial charge in [-0.2, -0.15) is 0 Å². The van der Waals surface area contributed by atoms with Crippen LogP contribution in [0.4, 0.5) is 0 Å². The third kappa shape index (κ3) is 6.21. The number of fused-ring (bicyclic) bond motifs is 3. The highest BCUT2D eigenvalue weighted by Gasteiger charge is 2.15. The first-order valence-electron chi connectivity index (χ1n) is 16.8. The third-order valence-corrected chi connectivity index (χ3v) is 9.07. The number of rotatable bonds is 7. The Labute approximate surface area is 292 Å². The quantitative estimate of drug-likeness (QED) is 0.126. The Hall–Kier alpha value is -6.58. The molecule has 0 radical (unpaired) electrons. The van der Waals surface area contributed by atoms with E-state index in [1.165, 1.54) is 22.3 Å². The van der Waals surface area contributed by atoms with Crippen LogP contribution >= 0.6 is 0 Å². The largest absolute Gasteiger partial charge is 0.455 e. The standard InChI is InChI=1S/C47H34N2O/c1-32(34-14-6-3-7-15-34)48-47(49-33(2)35-16-8-4-9-17-35)41-28-29-43-44-23-13-22-42(46(44)50-45(43)31-41)38-26-24-37(25-27-38)40-21-12-20-39(30-40)36-18-10-5-11-19-36/h3-31H,1H2,2H3. The number of nitrogens with zero attached hydrogens (tertiary/aromatic N) is 2. The lowest BCUT2D eigenvalue weighted by Gasteiger charge is -2.08. The van der Waals surface area contributed by atoms with Crippen LogP contribution in [0.5, 0.6) is 0 Å². The van der Waals surface area contributed by atoms with Gasteiger partial charge < -0.3 is 4.42 Å². The van der Waals surface area contributed by atoms with Crippen LogP contribution in [0.3, 0.4) is 0 Å². The lowest BCUT2D eigenvalue weighted by atomic mass is 9.96. The Morgan fingerprint density at radius 1 is 0.460 bits per heavy atom. The highest BCUT2D eigenvalue weighted by atomic mass is 16.3. The van der Waals surface area contributed by atoms with Gasteiger partial charge in [-0.05, 0) is 64.1 Å². The Morgan fingerprint density at radius 2 is 1.04 bits per heavy atom. The molecule has 0 aliphatic heterocycles. The van der Waals surface area contributed by atoms with Gasteiger partial charge >= 0.3 is 0 Å². The van der Waals surface area contributed by atoms with E-state index >= 15 is 0 Å². The summed E-state index contributed by atoms with van der Waals surface area (Å²) in [7, 11) is 0. The highest BCUT2D eigenvalue weighted by molar-refractivity contribution is 6.15. The SMILES string of the molecule is C=C(N=C(N=C(C)c1ccccc1)c1ccc2c(c1)oc1c(-c3ccc(-c4cccc(-c5ccccc5)c4)cc3)cccc12)c1ccccc1. The van der Waals surface area contributed by atoms with E-state index in [4.69, 9.17) is 14.4 Å². The minimum atomic E-state index is 0.578. The lowest BCUT2D eigenvalue weighted by Crippen LogP contribution is -2.04. The van der Waals surface area contributed by atoms with Crippen molar-refractivity contribution in [3.63, 3.8) is 0 Å². The number of aliphatic imine (C=N–C) groups is 2. The van der Waals surface area contributed by atoms with E-state index < -0.39 is 0 Å². The number of hydrogen-bond acceptors (Lipinski definition) is 2. The minimum Gasteiger partial charge on any atom is -0.455 e. The number of hydrogen-bond donors (Lipinski definition) is 0. The summed E-state index contributed by atoms with van der Waals surface area (Å²) >= 11 is 0. The summed E-state index contributed by atoms with van der Waals surface area (Å²) in [4.78, 5) is 9.99. The van der Waals surface area contributed by atoms with Crippen molar-refractivity contribution in [3.8, 4) is 33.4 Å². The number of para-hydroxylation sites is 1. The first-order chi connectivity index (χ1) is 24.6. The number of amidine groups is 1. The van der Waals surface area contributed by atoms with E-state index in [2.05, 4.69) is 122 Å². The van der Waals surface area contributed by atoms with Crippen molar-refractivity contribution in [1.29, 1.82) is 0 Å². The van der Waals surface area contributed by atoms with Gasteiger partial charge in [0.25, 0.3) is 0 Å². The van der Waals surface area contributed by atoms with Gasteiger partial charge in [0, 0.05) is 27.6 Å². The zero-order valence-electron chi connectivity index (χ0n) is 27.8. The predicted molar refractivity (Wildman–Crippen MR) is 211 cm³/mol. The Morgan fingerprint density at radius 3 is 1.74 bits per heavy atom. The third-order valence-electron chi connectivity index (χ3n) is 9.07.